The normalized spacial score (nSPS) is 10.8. The summed E-state index contributed by atoms with van der Waals surface area (Å²) in [5, 5.41) is 3.12. The average molecular weight is 567 g/mol. The Morgan fingerprint density at radius 2 is 1.89 bits per heavy atom. The molecule has 0 saturated carbocycles. The van der Waals surface area contributed by atoms with Gasteiger partial charge in [-0.05, 0) is 81.3 Å². The zero-order valence-electron chi connectivity index (χ0n) is 15.5. The second kappa shape index (κ2) is 11.7. The van der Waals surface area contributed by atoms with Crippen molar-refractivity contribution in [2.75, 3.05) is 38.9 Å². The molecule has 0 bridgehead atoms. The van der Waals surface area contributed by atoms with Gasteiger partial charge in [-0.15, -0.1) is 0 Å². The predicted molar refractivity (Wildman–Crippen MR) is 117 cm³/mol. The number of rotatable bonds is 10. The first-order chi connectivity index (χ1) is 13.4. The maximum Gasteiger partial charge on any atom is 0.276 e. The summed E-state index contributed by atoms with van der Waals surface area (Å²) >= 11 is 5.34. The second-order valence-corrected chi connectivity index (χ2v) is 7.88. The molecule has 2 aromatic carbocycles. The first-order valence-electron chi connectivity index (χ1n) is 8.43. The quantitative estimate of drug-likeness (QED) is 0.250. The van der Waals surface area contributed by atoms with Gasteiger partial charge >= 0.3 is 0 Å². The van der Waals surface area contributed by atoms with Gasteiger partial charge in [-0.25, -0.2) is 9.87 Å². The highest BCUT2D eigenvalue weighted by molar-refractivity contribution is 14.1. The standard InChI is InChI=1S/C19H21BrFIN2O4/c1-12-9-13(22)3-4-17(12)23-18-11-16(21)15(20)10-14(18)19(25)24-28-8-7-27-6-5-26-2/h3-4,9-11,23H,5-8H2,1-2H3,(H,24,25). The summed E-state index contributed by atoms with van der Waals surface area (Å²) in [6.45, 7) is 3.36. The van der Waals surface area contributed by atoms with Crippen molar-refractivity contribution in [3.63, 3.8) is 0 Å². The van der Waals surface area contributed by atoms with Crippen molar-refractivity contribution >= 4 is 55.8 Å². The molecule has 2 rings (SSSR count). The molecule has 0 aliphatic carbocycles. The van der Waals surface area contributed by atoms with Crippen LogP contribution in [0.2, 0.25) is 0 Å². The molecule has 0 fully saturated rings. The van der Waals surface area contributed by atoms with Gasteiger partial charge in [0.05, 0.1) is 42.2 Å². The Kier molecular flexibility index (Phi) is 9.59. The van der Waals surface area contributed by atoms with Gasteiger partial charge in [0, 0.05) is 16.4 Å². The van der Waals surface area contributed by atoms with Crippen molar-refractivity contribution in [2.45, 2.75) is 6.92 Å². The van der Waals surface area contributed by atoms with Crippen LogP contribution in [0.4, 0.5) is 15.8 Å². The Morgan fingerprint density at radius 1 is 1.14 bits per heavy atom. The van der Waals surface area contributed by atoms with Gasteiger partial charge in [-0.2, -0.15) is 0 Å². The molecule has 9 heteroatoms. The average Bonchev–Trinajstić information content (AvgIpc) is 2.65. The molecular weight excluding hydrogens is 546 g/mol. The molecule has 2 aromatic rings. The number of halogens is 3. The van der Waals surface area contributed by atoms with Crippen LogP contribution < -0.4 is 10.8 Å². The number of benzene rings is 2. The third-order valence-electron chi connectivity index (χ3n) is 3.69. The Bertz CT molecular complexity index is 823. The minimum Gasteiger partial charge on any atom is -0.382 e. The molecule has 2 N–H and O–H groups in total. The number of amides is 1. The van der Waals surface area contributed by atoms with Crippen LogP contribution in [0.5, 0.6) is 0 Å². The highest BCUT2D eigenvalue weighted by Crippen LogP contribution is 2.29. The number of methoxy groups -OCH3 is 1. The number of carbonyl (C=O) groups excluding carboxylic acids is 1. The van der Waals surface area contributed by atoms with Crippen LogP contribution in [0.3, 0.4) is 0 Å². The fourth-order valence-corrected chi connectivity index (χ4v) is 3.26. The van der Waals surface area contributed by atoms with E-state index in [1.54, 1.807) is 7.11 Å². The Labute approximate surface area is 185 Å². The second-order valence-electron chi connectivity index (χ2n) is 5.78. The van der Waals surface area contributed by atoms with E-state index in [0.29, 0.717) is 25.5 Å². The van der Waals surface area contributed by atoms with Gasteiger partial charge in [0.1, 0.15) is 5.82 Å². The molecule has 0 spiro atoms. The van der Waals surface area contributed by atoms with E-state index in [0.717, 1.165) is 14.8 Å². The van der Waals surface area contributed by atoms with Crippen LogP contribution in [0.1, 0.15) is 15.9 Å². The molecular formula is C19H21BrFIN2O4. The number of hydrogen-bond donors (Lipinski definition) is 2. The number of anilines is 2. The molecule has 0 aliphatic heterocycles. The van der Waals surface area contributed by atoms with Crippen molar-refractivity contribution in [1.29, 1.82) is 0 Å². The van der Waals surface area contributed by atoms with E-state index in [9.17, 15) is 9.18 Å². The van der Waals surface area contributed by atoms with Gasteiger partial charge in [-0.3, -0.25) is 9.63 Å². The van der Waals surface area contributed by atoms with Gasteiger partial charge < -0.3 is 14.8 Å². The highest BCUT2D eigenvalue weighted by atomic mass is 127. The van der Waals surface area contributed by atoms with Crippen LogP contribution >= 0.6 is 38.5 Å². The summed E-state index contributed by atoms with van der Waals surface area (Å²) in [6.07, 6.45) is 0. The molecule has 0 heterocycles. The lowest BCUT2D eigenvalue weighted by Gasteiger charge is -2.15. The number of aryl methyl sites for hydroxylation is 1. The highest BCUT2D eigenvalue weighted by Gasteiger charge is 2.16. The molecule has 0 saturated heterocycles. The molecule has 0 unspecified atom stereocenters. The zero-order chi connectivity index (χ0) is 20.5. The SMILES string of the molecule is COCCOCCONC(=O)c1cc(Br)c(F)cc1Nc1ccc(I)cc1C. The molecule has 28 heavy (non-hydrogen) atoms. The predicted octanol–water partition coefficient (Wildman–Crippen LogP) is 4.57. The number of carbonyl (C=O) groups is 1. The lowest BCUT2D eigenvalue weighted by Crippen LogP contribution is -2.26. The number of hydroxylamine groups is 1. The summed E-state index contributed by atoms with van der Waals surface area (Å²) in [4.78, 5) is 17.7. The smallest absolute Gasteiger partial charge is 0.276 e. The fraction of sp³-hybridized carbons (Fsp3) is 0.316. The minimum absolute atomic E-state index is 0.177. The van der Waals surface area contributed by atoms with Crippen LogP contribution in [0.25, 0.3) is 0 Å². The molecule has 0 radical (unpaired) electrons. The largest absolute Gasteiger partial charge is 0.382 e. The van der Waals surface area contributed by atoms with Gasteiger partial charge in [0.25, 0.3) is 5.91 Å². The zero-order valence-corrected chi connectivity index (χ0v) is 19.2. The van der Waals surface area contributed by atoms with Crippen molar-refractivity contribution in [3.8, 4) is 0 Å². The summed E-state index contributed by atoms with van der Waals surface area (Å²) in [6, 6.07) is 8.48. The lowest BCUT2D eigenvalue weighted by atomic mass is 10.1. The molecule has 0 aromatic heterocycles. The Hall–Kier alpha value is -1.27. The molecule has 1 amide bonds. The Balaban J connectivity index is 2.06. The van der Waals surface area contributed by atoms with E-state index in [-0.39, 0.29) is 16.6 Å². The van der Waals surface area contributed by atoms with E-state index < -0.39 is 11.7 Å². The third-order valence-corrected chi connectivity index (χ3v) is 4.97. The van der Waals surface area contributed by atoms with E-state index in [2.05, 4.69) is 49.3 Å². The molecule has 0 aliphatic rings. The molecule has 0 atom stereocenters. The number of nitrogens with one attached hydrogen (secondary N) is 2. The van der Waals surface area contributed by atoms with Crippen LogP contribution in [-0.2, 0) is 14.3 Å². The summed E-state index contributed by atoms with van der Waals surface area (Å²) in [5.74, 6) is -0.974. The summed E-state index contributed by atoms with van der Waals surface area (Å²) in [7, 11) is 1.59. The topological polar surface area (TPSA) is 68.8 Å². The van der Waals surface area contributed by atoms with Gasteiger partial charge in [0.2, 0.25) is 0 Å². The van der Waals surface area contributed by atoms with Crippen LogP contribution in [0.15, 0.2) is 34.8 Å². The number of ether oxygens (including phenoxy) is 2. The number of hydrogen-bond acceptors (Lipinski definition) is 5. The monoisotopic (exact) mass is 566 g/mol. The lowest BCUT2D eigenvalue weighted by molar-refractivity contribution is -0.00935. The van der Waals surface area contributed by atoms with Crippen molar-refractivity contribution in [2.24, 2.45) is 0 Å². The third kappa shape index (κ3) is 6.96. The Morgan fingerprint density at radius 3 is 2.61 bits per heavy atom. The van der Waals surface area contributed by atoms with Crippen molar-refractivity contribution in [1.82, 2.24) is 5.48 Å². The first kappa shape index (κ1) is 23.0. The van der Waals surface area contributed by atoms with E-state index in [4.69, 9.17) is 14.3 Å². The van der Waals surface area contributed by atoms with E-state index in [1.807, 2.05) is 25.1 Å². The first-order valence-corrected chi connectivity index (χ1v) is 10.3. The maximum atomic E-state index is 14.1. The van der Waals surface area contributed by atoms with Crippen molar-refractivity contribution in [3.05, 3.63) is 55.3 Å². The summed E-state index contributed by atoms with van der Waals surface area (Å²) < 4.78 is 25.5. The van der Waals surface area contributed by atoms with Crippen molar-refractivity contribution < 1.29 is 23.5 Å². The van der Waals surface area contributed by atoms with Gasteiger partial charge in [0.15, 0.2) is 0 Å². The maximum absolute atomic E-state index is 14.1. The van der Waals surface area contributed by atoms with E-state index >= 15 is 0 Å². The molecule has 152 valence electrons. The summed E-state index contributed by atoms with van der Waals surface area (Å²) in [5.41, 5.74) is 4.69. The molecule has 6 nitrogen and oxygen atoms in total. The van der Waals surface area contributed by atoms with Gasteiger partial charge in [-0.1, -0.05) is 0 Å². The van der Waals surface area contributed by atoms with Crippen LogP contribution in [-0.4, -0.2) is 39.4 Å². The van der Waals surface area contributed by atoms with E-state index in [1.165, 1.54) is 12.1 Å². The fourth-order valence-electron chi connectivity index (χ4n) is 2.27. The minimum atomic E-state index is -0.497. The van der Waals surface area contributed by atoms with Crippen LogP contribution in [0, 0.1) is 16.3 Å².